The Bertz CT molecular complexity index is 336. The number of ketones is 2. The lowest BCUT2D eigenvalue weighted by Gasteiger charge is -2.24. The van der Waals surface area contributed by atoms with E-state index >= 15 is 0 Å². The summed E-state index contributed by atoms with van der Waals surface area (Å²) in [4.78, 5) is 23.7. The van der Waals surface area contributed by atoms with E-state index in [1.165, 1.54) is 0 Å². The number of halogens is 1. The lowest BCUT2D eigenvalue weighted by Crippen LogP contribution is -2.32. The molecule has 0 N–H and O–H groups in total. The van der Waals surface area contributed by atoms with Crippen LogP contribution >= 0.6 is 22.6 Å². The molecule has 2 aliphatic carbocycles. The summed E-state index contributed by atoms with van der Waals surface area (Å²) in [7, 11) is 0. The normalized spacial score (nSPS) is 28.6. The SMILES string of the molecule is CC1(C)C=C(I)C2(C1)C(=O)CCC2=O. The second kappa shape index (κ2) is 2.90. The summed E-state index contributed by atoms with van der Waals surface area (Å²) >= 11 is 2.16. The lowest BCUT2D eigenvalue weighted by molar-refractivity contribution is -0.132. The van der Waals surface area contributed by atoms with Crippen molar-refractivity contribution in [1.82, 2.24) is 0 Å². The van der Waals surface area contributed by atoms with Gasteiger partial charge < -0.3 is 0 Å². The number of carbonyl (C=O) groups excluding carboxylic acids is 2. The van der Waals surface area contributed by atoms with Gasteiger partial charge >= 0.3 is 0 Å². The van der Waals surface area contributed by atoms with Crippen LogP contribution in [0.25, 0.3) is 0 Å². The second-order valence-electron chi connectivity index (χ2n) is 4.91. The molecule has 0 radical (unpaired) electrons. The van der Waals surface area contributed by atoms with E-state index in [4.69, 9.17) is 0 Å². The van der Waals surface area contributed by atoms with Gasteiger partial charge in [0.05, 0.1) is 0 Å². The van der Waals surface area contributed by atoms with Gasteiger partial charge in [0.1, 0.15) is 5.41 Å². The first-order valence-electron chi connectivity index (χ1n) is 4.84. The smallest absolute Gasteiger partial charge is 0.151 e. The highest BCUT2D eigenvalue weighted by atomic mass is 127. The fraction of sp³-hybridized carbons (Fsp3) is 0.636. The predicted octanol–water partition coefficient (Wildman–Crippen LogP) is 2.65. The van der Waals surface area contributed by atoms with E-state index in [1.54, 1.807) is 0 Å². The minimum atomic E-state index is -0.732. The van der Waals surface area contributed by atoms with E-state index in [2.05, 4.69) is 42.5 Å². The van der Waals surface area contributed by atoms with Crippen LogP contribution in [-0.2, 0) is 9.59 Å². The van der Waals surface area contributed by atoms with Crippen molar-refractivity contribution in [2.75, 3.05) is 0 Å². The highest BCUT2D eigenvalue weighted by molar-refractivity contribution is 14.1. The largest absolute Gasteiger partial charge is 0.298 e. The Morgan fingerprint density at radius 2 is 1.71 bits per heavy atom. The Morgan fingerprint density at radius 1 is 1.21 bits per heavy atom. The molecule has 0 aromatic rings. The third-order valence-electron chi connectivity index (χ3n) is 3.18. The van der Waals surface area contributed by atoms with Crippen LogP contribution in [0.2, 0.25) is 0 Å². The molecule has 0 unspecified atom stereocenters. The molecular formula is C11H13IO2. The second-order valence-corrected chi connectivity index (χ2v) is 6.07. The van der Waals surface area contributed by atoms with Gasteiger partial charge in [0.15, 0.2) is 11.6 Å². The molecule has 2 aliphatic rings. The first kappa shape index (κ1) is 10.3. The van der Waals surface area contributed by atoms with E-state index in [-0.39, 0.29) is 17.0 Å². The molecule has 0 heterocycles. The topological polar surface area (TPSA) is 34.1 Å². The Morgan fingerprint density at radius 3 is 2.07 bits per heavy atom. The van der Waals surface area contributed by atoms with Gasteiger partial charge in [-0.1, -0.05) is 19.9 Å². The summed E-state index contributed by atoms with van der Waals surface area (Å²) in [5, 5.41) is 0. The van der Waals surface area contributed by atoms with Crippen molar-refractivity contribution in [1.29, 1.82) is 0 Å². The zero-order valence-corrected chi connectivity index (χ0v) is 10.6. The molecule has 2 rings (SSSR count). The Kier molecular flexibility index (Phi) is 2.14. The third kappa shape index (κ3) is 1.21. The van der Waals surface area contributed by atoms with E-state index < -0.39 is 5.41 Å². The summed E-state index contributed by atoms with van der Waals surface area (Å²) in [6.07, 6.45) is 3.63. The molecule has 1 spiro atoms. The van der Waals surface area contributed by atoms with Crippen molar-refractivity contribution in [2.45, 2.75) is 33.1 Å². The summed E-state index contributed by atoms with van der Waals surface area (Å²) in [6, 6.07) is 0. The van der Waals surface area contributed by atoms with Crippen LogP contribution in [0.15, 0.2) is 9.66 Å². The molecule has 0 saturated heterocycles. The number of rotatable bonds is 0. The van der Waals surface area contributed by atoms with Crippen molar-refractivity contribution in [3.05, 3.63) is 9.66 Å². The van der Waals surface area contributed by atoms with Crippen LogP contribution in [-0.4, -0.2) is 11.6 Å². The Labute approximate surface area is 97.3 Å². The average Bonchev–Trinajstić information content (AvgIpc) is 2.45. The van der Waals surface area contributed by atoms with E-state index in [9.17, 15) is 9.59 Å². The summed E-state index contributed by atoms with van der Waals surface area (Å²) < 4.78 is 0.951. The maximum atomic E-state index is 11.8. The minimum absolute atomic E-state index is 0.00775. The van der Waals surface area contributed by atoms with E-state index in [0.29, 0.717) is 19.3 Å². The molecule has 1 saturated carbocycles. The molecule has 1 fully saturated rings. The molecule has 0 atom stereocenters. The van der Waals surface area contributed by atoms with Crippen molar-refractivity contribution in [2.24, 2.45) is 10.8 Å². The molecule has 0 amide bonds. The van der Waals surface area contributed by atoms with Crippen molar-refractivity contribution >= 4 is 34.2 Å². The molecule has 76 valence electrons. The quantitative estimate of drug-likeness (QED) is 0.509. The highest BCUT2D eigenvalue weighted by Gasteiger charge is 2.56. The van der Waals surface area contributed by atoms with Crippen LogP contribution < -0.4 is 0 Å². The van der Waals surface area contributed by atoms with Gasteiger partial charge in [-0.15, -0.1) is 0 Å². The molecule has 0 aromatic heterocycles. The third-order valence-corrected chi connectivity index (χ3v) is 4.41. The maximum absolute atomic E-state index is 11.8. The standard InChI is InChI=1S/C11H13IO2/c1-10(2)5-7(12)11(6-10)8(13)3-4-9(11)14/h5H,3-4,6H2,1-2H3. The molecule has 0 aliphatic heterocycles. The fourth-order valence-corrected chi connectivity index (χ4v) is 4.19. The Hall–Kier alpha value is -0.190. The van der Waals surface area contributed by atoms with Crippen LogP contribution in [0.1, 0.15) is 33.1 Å². The summed E-state index contributed by atoms with van der Waals surface area (Å²) in [6.45, 7) is 4.17. The highest BCUT2D eigenvalue weighted by Crippen LogP contribution is 2.55. The molecular weight excluding hydrogens is 291 g/mol. The molecule has 2 nitrogen and oxygen atoms in total. The van der Waals surface area contributed by atoms with Gasteiger partial charge in [-0.2, -0.15) is 0 Å². The van der Waals surface area contributed by atoms with Crippen LogP contribution in [0.4, 0.5) is 0 Å². The number of hydrogen-bond acceptors (Lipinski definition) is 2. The zero-order valence-electron chi connectivity index (χ0n) is 8.39. The molecule has 3 heteroatoms. The number of hydrogen-bond donors (Lipinski definition) is 0. The first-order valence-corrected chi connectivity index (χ1v) is 5.92. The van der Waals surface area contributed by atoms with Gasteiger partial charge in [0.2, 0.25) is 0 Å². The van der Waals surface area contributed by atoms with E-state index in [1.807, 2.05) is 0 Å². The molecule has 14 heavy (non-hydrogen) atoms. The number of allylic oxidation sites excluding steroid dienone is 2. The van der Waals surface area contributed by atoms with Crippen LogP contribution in [0.3, 0.4) is 0 Å². The van der Waals surface area contributed by atoms with Crippen molar-refractivity contribution in [3.63, 3.8) is 0 Å². The van der Waals surface area contributed by atoms with Gasteiger partial charge in [-0.25, -0.2) is 0 Å². The summed E-state index contributed by atoms with van der Waals surface area (Å²) in [5.41, 5.74) is -0.740. The van der Waals surface area contributed by atoms with Crippen molar-refractivity contribution < 1.29 is 9.59 Å². The van der Waals surface area contributed by atoms with Gasteiger partial charge in [0.25, 0.3) is 0 Å². The van der Waals surface area contributed by atoms with Crippen molar-refractivity contribution in [3.8, 4) is 0 Å². The lowest BCUT2D eigenvalue weighted by atomic mass is 9.78. The van der Waals surface area contributed by atoms with Crippen LogP contribution in [0.5, 0.6) is 0 Å². The van der Waals surface area contributed by atoms with Gasteiger partial charge in [-0.05, 0) is 34.4 Å². The molecule has 0 bridgehead atoms. The van der Waals surface area contributed by atoms with Gasteiger partial charge in [0, 0.05) is 16.4 Å². The number of Topliss-reactive ketones (excluding diaryl/α,β-unsaturated/α-hetero) is 2. The fourth-order valence-electron chi connectivity index (χ4n) is 2.56. The predicted molar refractivity (Wildman–Crippen MR) is 62.2 cm³/mol. The summed E-state index contributed by atoms with van der Waals surface area (Å²) in [5.74, 6) is 0.266. The monoisotopic (exact) mass is 304 g/mol. The zero-order chi connectivity index (χ0) is 10.6. The first-order chi connectivity index (χ1) is 6.38. The Balaban J connectivity index is 2.49. The molecule has 0 aromatic carbocycles. The minimum Gasteiger partial charge on any atom is -0.298 e. The van der Waals surface area contributed by atoms with E-state index in [0.717, 1.165) is 3.58 Å². The maximum Gasteiger partial charge on any atom is 0.151 e. The number of carbonyl (C=O) groups is 2. The average molecular weight is 304 g/mol. The van der Waals surface area contributed by atoms with Gasteiger partial charge in [-0.3, -0.25) is 9.59 Å². The van der Waals surface area contributed by atoms with Crippen LogP contribution in [0, 0.1) is 10.8 Å².